The van der Waals surface area contributed by atoms with E-state index < -0.39 is 5.97 Å². The predicted octanol–water partition coefficient (Wildman–Crippen LogP) is 4.16. The highest BCUT2D eigenvalue weighted by Crippen LogP contribution is 2.26. The van der Waals surface area contributed by atoms with E-state index in [9.17, 15) is 4.79 Å². The summed E-state index contributed by atoms with van der Waals surface area (Å²) in [6.45, 7) is 4.16. The molecule has 0 spiro atoms. The largest absolute Gasteiger partial charge is 0.463 e. The minimum atomic E-state index is -0.469. The van der Waals surface area contributed by atoms with Crippen molar-refractivity contribution in [1.82, 2.24) is 9.55 Å². The van der Waals surface area contributed by atoms with Crippen molar-refractivity contribution in [2.75, 3.05) is 7.11 Å². The SMILES string of the molecule is COC(=O)c1ccc(CSc2nccn2-c2cc(C)ccc2C)o1. The molecule has 0 saturated carbocycles. The molecular formula is C18H18N2O3S. The predicted molar refractivity (Wildman–Crippen MR) is 92.6 cm³/mol. The molecule has 124 valence electrons. The molecule has 0 radical (unpaired) electrons. The number of benzene rings is 1. The Labute approximate surface area is 144 Å². The molecule has 6 heteroatoms. The first-order valence-corrected chi connectivity index (χ1v) is 8.48. The third kappa shape index (κ3) is 3.38. The minimum absolute atomic E-state index is 0.214. The lowest BCUT2D eigenvalue weighted by Crippen LogP contribution is -1.99. The molecule has 0 bridgehead atoms. The highest BCUT2D eigenvalue weighted by Gasteiger charge is 2.13. The highest BCUT2D eigenvalue weighted by molar-refractivity contribution is 7.98. The fourth-order valence-corrected chi connectivity index (χ4v) is 3.22. The average Bonchev–Trinajstić information content (AvgIpc) is 3.23. The molecule has 24 heavy (non-hydrogen) atoms. The summed E-state index contributed by atoms with van der Waals surface area (Å²) >= 11 is 1.55. The normalized spacial score (nSPS) is 10.8. The molecule has 0 fully saturated rings. The van der Waals surface area contributed by atoms with Crippen molar-refractivity contribution in [3.8, 4) is 5.69 Å². The van der Waals surface area contributed by atoms with Crippen LogP contribution in [0, 0.1) is 13.8 Å². The molecule has 0 aliphatic rings. The van der Waals surface area contributed by atoms with Crippen molar-refractivity contribution in [2.45, 2.75) is 24.8 Å². The van der Waals surface area contributed by atoms with E-state index in [1.807, 2.05) is 6.20 Å². The molecule has 3 aromatic rings. The average molecular weight is 342 g/mol. The second kappa shape index (κ2) is 6.97. The summed E-state index contributed by atoms with van der Waals surface area (Å²) in [5, 5.41) is 0.875. The van der Waals surface area contributed by atoms with E-state index in [0.717, 1.165) is 10.8 Å². The summed E-state index contributed by atoms with van der Waals surface area (Å²) in [7, 11) is 1.33. The zero-order valence-electron chi connectivity index (χ0n) is 13.8. The summed E-state index contributed by atoms with van der Waals surface area (Å²) in [6, 6.07) is 9.75. The number of carbonyl (C=O) groups is 1. The molecule has 0 aliphatic heterocycles. The third-order valence-corrected chi connectivity index (χ3v) is 4.61. The van der Waals surface area contributed by atoms with Crippen molar-refractivity contribution in [1.29, 1.82) is 0 Å². The van der Waals surface area contributed by atoms with E-state index in [1.165, 1.54) is 18.2 Å². The van der Waals surface area contributed by atoms with Crippen LogP contribution < -0.4 is 0 Å². The number of ether oxygens (including phenoxy) is 1. The Hall–Kier alpha value is -2.47. The third-order valence-electron chi connectivity index (χ3n) is 3.62. The number of methoxy groups -OCH3 is 1. The Balaban J connectivity index is 1.78. The number of aryl methyl sites for hydroxylation is 2. The van der Waals surface area contributed by atoms with Crippen LogP contribution in [-0.4, -0.2) is 22.6 Å². The fourth-order valence-electron chi connectivity index (χ4n) is 2.36. The lowest BCUT2D eigenvalue weighted by molar-refractivity contribution is 0.0563. The van der Waals surface area contributed by atoms with Gasteiger partial charge in [0.2, 0.25) is 5.76 Å². The van der Waals surface area contributed by atoms with E-state index in [4.69, 9.17) is 4.42 Å². The van der Waals surface area contributed by atoms with Crippen LogP contribution in [0.15, 0.2) is 52.3 Å². The van der Waals surface area contributed by atoms with Gasteiger partial charge in [0.1, 0.15) is 5.76 Å². The summed E-state index contributed by atoms with van der Waals surface area (Å²) in [5.74, 6) is 1.03. The molecule has 5 nitrogen and oxygen atoms in total. The molecule has 1 aromatic carbocycles. The van der Waals surface area contributed by atoms with E-state index in [2.05, 4.69) is 46.3 Å². The number of carbonyl (C=O) groups excluding carboxylic acids is 1. The van der Waals surface area contributed by atoms with Crippen molar-refractivity contribution in [3.63, 3.8) is 0 Å². The summed E-state index contributed by atoms with van der Waals surface area (Å²) < 4.78 is 12.2. The van der Waals surface area contributed by atoms with Crippen LogP contribution in [0.5, 0.6) is 0 Å². The van der Waals surface area contributed by atoms with E-state index in [-0.39, 0.29) is 5.76 Å². The standard InChI is InChI=1S/C18H18N2O3S/c1-12-4-5-13(2)15(10-12)20-9-8-19-18(20)24-11-14-6-7-16(23-14)17(21)22-3/h4-10H,11H2,1-3H3. The second-order valence-electron chi connectivity index (χ2n) is 5.42. The zero-order valence-corrected chi connectivity index (χ0v) is 14.6. The van der Waals surface area contributed by atoms with Crippen molar-refractivity contribution in [3.05, 3.63) is 65.4 Å². The number of hydrogen-bond donors (Lipinski definition) is 0. The van der Waals surface area contributed by atoms with Gasteiger partial charge in [-0.25, -0.2) is 9.78 Å². The first-order chi connectivity index (χ1) is 11.6. The number of thioether (sulfide) groups is 1. The molecule has 0 atom stereocenters. The van der Waals surface area contributed by atoms with Crippen LogP contribution in [0.2, 0.25) is 0 Å². The van der Waals surface area contributed by atoms with E-state index in [1.54, 1.807) is 30.1 Å². The van der Waals surface area contributed by atoms with Gasteiger partial charge in [0.15, 0.2) is 5.16 Å². The number of furan rings is 1. The first-order valence-electron chi connectivity index (χ1n) is 7.49. The maximum atomic E-state index is 11.4. The Morgan fingerprint density at radius 3 is 2.92 bits per heavy atom. The quantitative estimate of drug-likeness (QED) is 0.515. The van der Waals surface area contributed by atoms with E-state index in [0.29, 0.717) is 11.5 Å². The van der Waals surface area contributed by atoms with Gasteiger partial charge in [0.25, 0.3) is 0 Å². The molecule has 0 saturated heterocycles. The van der Waals surface area contributed by atoms with Gasteiger partial charge < -0.3 is 9.15 Å². The Morgan fingerprint density at radius 2 is 2.12 bits per heavy atom. The molecule has 2 heterocycles. The summed E-state index contributed by atoms with van der Waals surface area (Å²) in [6.07, 6.45) is 3.73. The molecular weight excluding hydrogens is 324 g/mol. The van der Waals surface area contributed by atoms with Crippen LogP contribution in [0.1, 0.15) is 27.4 Å². The van der Waals surface area contributed by atoms with Gasteiger partial charge in [-0.3, -0.25) is 4.57 Å². The van der Waals surface area contributed by atoms with Gasteiger partial charge in [0, 0.05) is 12.4 Å². The number of aromatic nitrogens is 2. The van der Waals surface area contributed by atoms with Gasteiger partial charge >= 0.3 is 5.97 Å². The van der Waals surface area contributed by atoms with Crippen LogP contribution in [-0.2, 0) is 10.5 Å². The molecule has 0 amide bonds. The number of imidazole rings is 1. The molecule has 0 unspecified atom stereocenters. The number of hydrogen-bond acceptors (Lipinski definition) is 5. The first kappa shape index (κ1) is 16.4. The molecule has 3 rings (SSSR count). The maximum absolute atomic E-state index is 11.4. The van der Waals surface area contributed by atoms with Crippen molar-refractivity contribution in [2.24, 2.45) is 0 Å². The number of nitrogens with zero attached hydrogens (tertiary/aromatic N) is 2. The fraction of sp³-hybridized carbons (Fsp3) is 0.222. The Morgan fingerprint density at radius 1 is 1.29 bits per heavy atom. The molecule has 2 aromatic heterocycles. The van der Waals surface area contributed by atoms with Gasteiger partial charge in [-0.1, -0.05) is 23.9 Å². The number of rotatable bonds is 5. The number of esters is 1. The maximum Gasteiger partial charge on any atom is 0.373 e. The minimum Gasteiger partial charge on any atom is -0.463 e. The van der Waals surface area contributed by atoms with Crippen LogP contribution in [0.25, 0.3) is 5.69 Å². The zero-order chi connectivity index (χ0) is 17.1. The topological polar surface area (TPSA) is 57.3 Å². The summed E-state index contributed by atoms with van der Waals surface area (Å²) in [4.78, 5) is 15.9. The monoisotopic (exact) mass is 342 g/mol. The van der Waals surface area contributed by atoms with Crippen molar-refractivity contribution < 1.29 is 13.9 Å². The van der Waals surface area contributed by atoms with Gasteiger partial charge in [-0.2, -0.15) is 0 Å². The van der Waals surface area contributed by atoms with Crippen LogP contribution in [0.3, 0.4) is 0 Å². The van der Waals surface area contributed by atoms with Crippen LogP contribution in [0.4, 0.5) is 0 Å². The van der Waals surface area contributed by atoms with Gasteiger partial charge in [-0.15, -0.1) is 0 Å². The van der Waals surface area contributed by atoms with Gasteiger partial charge in [-0.05, 0) is 43.2 Å². The summed E-state index contributed by atoms with van der Waals surface area (Å²) in [5.41, 5.74) is 3.50. The van der Waals surface area contributed by atoms with E-state index >= 15 is 0 Å². The Kier molecular flexibility index (Phi) is 4.76. The second-order valence-corrected chi connectivity index (χ2v) is 6.36. The van der Waals surface area contributed by atoms with Crippen molar-refractivity contribution >= 4 is 17.7 Å². The van der Waals surface area contributed by atoms with Crippen LogP contribution >= 0.6 is 11.8 Å². The Bertz CT molecular complexity index is 867. The lowest BCUT2D eigenvalue weighted by atomic mass is 10.1. The molecule has 0 aliphatic carbocycles. The van der Waals surface area contributed by atoms with Gasteiger partial charge in [0.05, 0.1) is 18.6 Å². The highest BCUT2D eigenvalue weighted by atomic mass is 32.2. The lowest BCUT2D eigenvalue weighted by Gasteiger charge is -2.11. The molecule has 0 N–H and O–H groups in total. The smallest absolute Gasteiger partial charge is 0.373 e.